The monoisotopic (exact) mass is 335 g/mol. The minimum Gasteiger partial charge on any atom is -0.444 e. The van der Waals surface area contributed by atoms with Gasteiger partial charge in [-0.2, -0.15) is 5.10 Å². The van der Waals surface area contributed by atoms with Gasteiger partial charge in [-0.3, -0.25) is 5.10 Å². The molecule has 0 aliphatic carbocycles. The number of carbonyl (C=O) groups is 1. The largest absolute Gasteiger partial charge is 0.444 e. The highest BCUT2D eigenvalue weighted by Gasteiger charge is 2.20. The molecule has 0 saturated heterocycles. The van der Waals surface area contributed by atoms with E-state index in [1.165, 1.54) is 0 Å². The Balaban J connectivity index is 1.89. The van der Waals surface area contributed by atoms with Gasteiger partial charge in [0.2, 0.25) is 0 Å². The van der Waals surface area contributed by atoms with Crippen LogP contribution in [0.1, 0.15) is 44.6 Å². The molecular formula is C17H25N3O4. The van der Waals surface area contributed by atoms with E-state index in [2.05, 4.69) is 15.5 Å². The van der Waals surface area contributed by atoms with Crippen LogP contribution in [0.3, 0.4) is 0 Å². The zero-order chi connectivity index (χ0) is 17.9. The van der Waals surface area contributed by atoms with Crippen molar-refractivity contribution in [1.29, 1.82) is 0 Å². The number of aryl methyl sites for hydroxylation is 1. The fourth-order valence-electron chi connectivity index (χ4n) is 2.36. The maximum absolute atomic E-state index is 11.5. The molecule has 0 saturated carbocycles. The molecule has 24 heavy (non-hydrogen) atoms. The van der Waals surface area contributed by atoms with E-state index in [1.807, 2.05) is 13.0 Å². The number of ether oxygens (including phenoxy) is 1. The Morgan fingerprint density at radius 1 is 1.38 bits per heavy atom. The van der Waals surface area contributed by atoms with E-state index in [-0.39, 0.29) is 13.0 Å². The molecule has 7 nitrogen and oxygen atoms in total. The number of alkyl carbamates (subject to hydrolysis) is 1. The highest BCUT2D eigenvalue weighted by atomic mass is 16.6. The predicted octanol–water partition coefficient (Wildman–Crippen LogP) is 2.18. The summed E-state index contributed by atoms with van der Waals surface area (Å²) in [7, 11) is 0. The molecule has 4 N–H and O–H groups in total. The van der Waals surface area contributed by atoms with E-state index < -0.39 is 23.9 Å². The number of aromatic amines is 1. The lowest BCUT2D eigenvalue weighted by Crippen LogP contribution is -2.34. The summed E-state index contributed by atoms with van der Waals surface area (Å²) >= 11 is 0. The molecule has 0 fully saturated rings. The molecule has 2 atom stereocenters. The number of amides is 1. The molecule has 2 unspecified atom stereocenters. The highest BCUT2D eigenvalue weighted by molar-refractivity contribution is 5.81. The molecule has 7 heteroatoms. The number of hydrogen-bond acceptors (Lipinski definition) is 5. The first-order valence-corrected chi connectivity index (χ1v) is 7.95. The van der Waals surface area contributed by atoms with Gasteiger partial charge in [-0.15, -0.1) is 0 Å². The Bertz CT molecular complexity index is 705. The minimum atomic E-state index is -1.05. The molecule has 2 rings (SSSR count). The highest BCUT2D eigenvalue weighted by Crippen LogP contribution is 2.24. The molecular weight excluding hydrogens is 310 g/mol. The third-order valence-electron chi connectivity index (χ3n) is 3.58. The number of aliphatic hydroxyl groups excluding tert-OH is 2. The second-order valence-corrected chi connectivity index (χ2v) is 6.85. The Morgan fingerprint density at radius 3 is 2.75 bits per heavy atom. The van der Waals surface area contributed by atoms with Crippen molar-refractivity contribution in [1.82, 2.24) is 15.5 Å². The summed E-state index contributed by atoms with van der Waals surface area (Å²) in [6, 6.07) is 5.37. The Morgan fingerprint density at radius 2 is 2.08 bits per heavy atom. The maximum Gasteiger partial charge on any atom is 0.407 e. The maximum atomic E-state index is 11.5. The van der Waals surface area contributed by atoms with Gasteiger partial charge in [0.05, 0.1) is 11.6 Å². The van der Waals surface area contributed by atoms with Crippen LogP contribution in [-0.4, -0.2) is 44.8 Å². The molecule has 1 amide bonds. The molecule has 0 aliphatic rings. The number of nitrogens with zero attached hydrogens (tertiary/aromatic N) is 1. The standard InChI is InChI=1S/C17H25N3O4/c1-10-12-6-5-11(9-13(12)20-19-10)15(22)14(21)7-8-18-16(23)24-17(2,3)4/h5-6,9,14-15,21-22H,7-8H2,1-4H3,(H,18,23)(H,19,20). The molecule has 0 bridgehead atoms. The number of hydrogen-bond donors (Lipinski definition) is 4. The molecule has 132 valence electrons. The number of fused-ring (bicyclic) bond motifs is 1. The van der Waals surface area contributed by atoms with Crippen molar-refractivity contribution in [3.05, 3.63) is 29.5 Å². The van der Waals surface area contributed by atoms with Crippen molar-refractivity contribution in [3.63, 3.8) is 0 Å². The number of nitrogens with one attached hydrogen (secondary N) is 2. The first-order valence-electron chi connectivity index (χ1n) is 7.95. The topological polar surface area (TPSA) is 107 Å². The zero-order valence-electron chi connectivity index (χ0n) is 14.5. The average Bonchev–Trinajstić information content (AvgIpc) is 2.85. The summed E-state index contributed by atoms with van der Waals surface area (Å²) in [5, 5.41) is 31.0. The van der Waals surface area contributed by atoms with E-state index in [9.17, 15) is 15.0 Å². The summed E-state index contributed by atoms with van der Waals surface area (Å²) in [6.45, 7) is 7.45. The van der Waals surface area contributed by atoms with Gasteiger partial charge in [0, 0.05) is 17.6 Å². The smallest absolute Gasteiger partial charge is 0.407 e. The molecule has 0 radical (unpaired) electrons. The molecule has 1 aromatic carbocycles. The summed E-state index contributed by atoms with van der Waals surface area (Å²) in [5.41, 5.74) is 1.70. The van der Waals surface area contributed by atoms with Crippen molar-refractivity contribution in [3.8, 4) is 0 Å². The summed E-state index contributed by atoms with van der Waals surface area (Å²) < 4.78 is 5.11. The van der Waals surface area contributed by atoms with Crippen LogP contribution in [0.5, 0.6) is 0 Å². The first-order chi connectivity index (χ1) is 11.2. The van der Waals surface area contributed by atoms with Gasteiger partial charge in [0.25, 0.3) is 0 Å². The van der Waals surface area contributed by atoms with Crippen LogP contribution in [0.4, 0.5) is 4.79 Å². The molecule has 2 aromatic rings. The van der Waals surface area contributed by atoms with Gasteiger partial charge in [-0.05, 0) is 45.7 Å². The zero-order valence-corrected chi connectivity index (χ0v) is 14.5. The third-order valence-corrected chi connectivity index (χ3v) is 3.58. The number of rotatable bonds is 5. The van der Waals surface area contributed by atoms with Crippen LogP contribution in [0.2, 0.25) is 0 Å². The summed E-state index contributed by atoms with van der Waals surface area (Å²) in [6.07, 6.45) is -2.39. The Labute approximate surface area is 141 Å². The Kier molecular flexibility index (Phi) is 5.46. The van der Waals surface area contributed by atoms with Crippen LogP contribution in [0.15, 0.2) is 18.2 Å². The van der Waals surface area contributed by atoms with Gasteiger partial charge < -0.3 is 20.3 Å². The van der Waals surface area contributed by atoms with Crippen LogP contribution in [-0.2, 0) is 4.74 Å². The Hall–Kier alpha value is -2.12. The number of benzene rings is 1. The van der Waals surface area contributed by atoms with Crippen molar-refractivity contribution in [2.24, 2.45) is 0 Å². The second kappa shape index (κ2) is 7.19. The normalized spacial score (nSPS) is 14.4. The summed E-state index contributed by atoms with van der Waals surface area (Å²) in [5.74, 6) is 0. The van der Waals surface area contributed by atoms with Crippen LogP contribution in [0.25, 0.3) is 10.9 Å². The lowest BCUT2D eigenvalue weighted by Gasteiger charge is -2.21. The van der Waals surface area contributed by atoms with Gasteiger partial charge in [0.15, 0.2) is 0 Å². The SMILES string of the molecule is Cc1[nH]nc2cc(C(O)C(O)CCNC(=O)OC(C)(C)C)ccc12. The fraction of sp³-hybridized carbons (Fsp3) is 0.529. The van der Waals surface area contributed by atoms with Crippen LogP contribution in [0, 0.1) is 6.92 Å². The predicted molar refractivity (Wildman–Crippen MR) is 90.7 cm³/mol. The third kappa shape index (κ3) is 4.69. The molecule has 0 spiro atoms. The lowest BCUT2D eigenvalue weighted by molar-refractivity contribution is 0.0124. The minimum absolute atomic E-state index is 0.205. The quantitative estimate of drug-likeness (QED) is 0.670. The molecule has 0 aliphatic heterocycles. The second-order valence-electron chi connectivity index (χ2n) is 6.85. The van der Waals surface area contributed by atoms with Crippen molar-refractivity contribution in [2.75, 3.05) is 6.54 Å². The van der Waals surface area contributed by atoms with Gasteiger partial charge >= 0.3 is 6.09 Å². The summed E-state index contributed by atoms with van der Waals surface area (Å²) in [4.78, 5) is 11.5. The molecule has 1 heterocycles. The molecule has 1 aromatic heterocycles. The van der Waals surface area contributed by atoms with Crippen LogP contribution >= 0.6 is 0 Å². The average molecular weight is 335 g/mol. The van der Waals surface area contributed by atoms with Gasteiger partial charge in [-0.25, -0.2) is 4.79 Å². The van der Waals surface area contributed by atoms with Crippen molar-refractivity contribution < 1.29 is 19.7 Å². The number of aromatic nitrogens is 2. The van der Waals surface area contributed by atoms with E-state index in [1.54, 1.807) is 32.9 Å². The van der Waals surface area contributed by atoms with E-state index in [0.29, 0.717) is 5.56 Å². The number of H-pyrrole nitrogens is 1. The van der Waals surface area contributed by atoms with Crippen LogP contribution < -0.4 is 5.32 Å². The van der Waals surface area contributed by atoms with Crippen molar-refractivity contribution in [2.45, 2.75) is 51.9 Å². The van der Waals surface area contributed by atoms with E-state index in [4.69, 9.17) is 4.74 Å². The number of carbonyl (C=O) groups excluding carboxylic acids is 1. The van der Waals surface area contributed by atoms with E-state index >= 15 is 0 Å². The van der Waals surface area contributed by atoms with E-state index in [0.717, 1.165) is 16.6 Å². The number of aliphatic hydroxyl groups is 2. The van der Waals surface area contributed by atoms with Crippen molar-refractivity contribution >= 4 is 17.0 Å². The lowest BCUT2D eigenvalue weighted by atomic mass is 10.0. The van der Waals surface area contributed by atoms with Gasteiger partial charge in [0.1, 0.15) is 11.7 Å². The fourth-order valence-corrected chi connectivity index (χ4v) is 2.36. The van der Waals surface area contributed by atoms with Gasteiger partial charge in [-0.1, -0.05) is 12.1 Å². The first kappa shape index (κ1) is 18.2.